The van der Waals surface area contributed by atoms with Crippen LogP contribution in [0.25, 0.3) is 11.7 Å². The monoisotopic (exact) mass is 417 g/mol. The summed E-state index contributed by atoms with van der Waals surface area (Å²) in [5, 5.41) is 8.25. The molecule has 0 spiro atoms. The van der Waals surface area contributed by atoms with E-state index in [1.54, 1.807) is 30.2 Å². The molecule has 10 nitrogen and oxygen atoms in total. The quantitative estimate of drug-likeness (QED) is 0.725. The van der Waals surface area contributed by atoms with Crippen LogP contribution in [0.15, 0.2) is 27.2 Å². The molecule has 0 saturated carbocycles. The number of amides is 2. The van der Waals surface area contributed by atoms with E-state index in [4.69, 9.17) is 13.6 Å². The van der Waals surface area contributed by atoms with Gasteiger partial charge in [-0.05, 0) is 45.0 Å². The van der Waals surface area contributed by atoms with E-state index in [1.165, 1.54) is 0 Å². The number of carbonyl (C=O) groups excluding carboxylic acids is 2. The molecule has 2 aromatic rings. The van der Waals surface area contributed by atoms with Crippen LogP contribution in [-0.2, 0) is 9.53 Å². The normalized spacial score (nSPS) is 18.6. The molecule has 2 aliphatic heterocycles. The fraction of sp³-hybridized carbons (Fsp3) is 0.600. The van der Waals surface area contributed by atoms with Crippen molar-refractivity contribution in [3.8, 4) is 11.7 Å². The molecule has 0 atom stereocenters. The number of hydrogen-bond acceptors (Lipinski definition) is 8. The van der Waals surface area contributed by atoms with E-state index in [0.29, 0.717) is 56.9 Å². The fourth-order valence-electron chi connectivity index (χ4n) is 3.88. The summed E-state index contributed by atoms with van der Waals surface area (Å²) in [4.78, 5) is 30.1. The van der Waals surface area contributed by atoms with Crippen molar-refractivity contribution in [2.75, 3.05) is 52.4 Å². The third-order valence-electron chi connectivity index (χ3n) is 5.63. The molecule has 2 saturated heterocycles. The molecule has 162 valence electrons. The SMILES string of the molecule is CCOC(=O)N1CCN(C(=O)CN2CCC(c3nnc(-c4ccco4)o3)CC2)CC1. The molecule has 2 fully saturated rings. The van der Waals surface area contributed by atoms with Crippen LogP contribution in [0.5, 0.6) is 0 Å². The maximum atomic E-state index is 12.7. The number of aromatic nitrogens is 2. The van der Waals surface area contributed by atoms with Crippen molar-refractivity contribution in [2.24, 2.45) is 0 Å². The molecule has 0 radical (unpaired) electrons. The molecule has 0 aromatic carbocycles. The summed E-state index contributed by atoms with van der Waals surface area (Å²) >= 11 is 0. The Bertz CT molecular complexity index is 836. The van der Waals surface area contributed by atoms with E-state index >= 15 is 0 Å². The van der Waals surface area contributed by atoms with Crippen molar-refractivity contribution < 1.29 is 23.2 Å². The van der Waals surface area contributed by atoms with Gasteiger partial charge in [-0.15, -0.1) is 10.2 Å². The molecule has 10 heteroatoms. The Kier molecular flexibility index (Phi) is 6.32. The van der Waals surface area contributed by atoms with Crippen LogP contribution in [0.4, 0.5) is 4.79 Å². The van der Waals surface area contributed by atoms with Gasteiger partial charge in [0.05, 0.1) is 19.4 Å². The summed E-state index contributed by atoms with van der Waals surface area (Å²) in [7, 11) is 0. The molecule has 2 aromatic heterocycles. The molecule has 4 rings (SSSR count). The molecule has 0 unspecified atom stereocenters. The molecule has 0 N–H and O–H groups in total. The Morgan fingerprint density at radius 3 is 2.50 bits per heavy atom. The summed E-state index contributed by atoms with van der Waals surface area (Å²) in [6.45, 7) is 6.28. The molecule has 4 heterocycles. The minimum atomic E-state index is -0.303. The highest BCUT2D eigenvalue weighted by molar-refractivity contribution is 5.78. The summed E-state index contributed by atoms with van der Waals surface area (Å²) < 4.78 is 16.1. The second-order valence-corrected chi connectivity index (χ2v) is 7.54. The van der Waals surface area contributed by atoms with Crippen LogP contribution < -0.4 is 0 Å². The minimum Gasteiger partial charge on any atom is -0.459 e. The number of carbonyl (C=O) groups is 2. The highest BCUT2D eigenvalue weighted by Gasteiger charge is 2.29. The van der Waals surface area contributed by atoms with Gasteiger partial charge in [0.2, 0.25) is 11.8 Å². The summed E-state index contributed by atoms with van der Waals surface area (Å²) in [6.07, 6.45) is 3.00. The van der Waals surface area contributed by atoms with E-state index in [0.717, 1.165) is 25.9 Å². The van der Waals surface area contributed by atoms with Crippen molar-refractivity contribution in [2.45, 2.75) is 25.7 Å². The zero-order chi connectivity index (χ0) is 20.9. The Labute approximate surface area is 174 Å². The van der Waals surface area contributed by atoms with Gasteiger partial charge < -0.3 is 23.4 Å². The first-order chi connectivity index (χ1) is 14.6. The van der Waals surface area contributed by atoms with Gasteiger partial charge in [0.15, 0.2) is 5.76 Å². The van der Waals surface area contributed by atoms with Gasteiger partial charge in [-0.25, -0.2) is 4.79 Å². The van der Waals surface area contributed by atoms with Crippen molar-refractivity contribution >= 4 is 12.0 Å². The van der Waals surface area contributed by atoms with Crippen LogP contribution >= 0.6 is 0 Å². The minimum absolute atomic E-state index is 0.106. The predicted molar refractivity (Wildman–Crippen MR) is 106 cm³/mol. The van der Waals surface area contributed by atoms with Crippen molar-refractivity contribution in [3.05, 3.63) is 24.3 Å². The average molecular weight is 417 g/mol. The Hall–Kier alpha value is -2.88. The molecule has 2 amide bonds. The third kappa shape index (κ3) is 4.64. The Morgan fingerprint density at radius 2 is 1.83 bits per heavy atom. The van der Waals surface area contributed by atoms with E-state index in [9.17, 15) is 9.59 Å². The molecule has 0 aliphatic carbocycles. The number of piperidine rings is 1. The van der Waals surface area contributed by atoms with Crippen LogP contribution in [0.3, 0.4) is 0 Å². The molecule has 30 heavy (non-hydrogen) atoms. The van der Waals surface area contributed by atoms with E-state index in [2.05, 4.69) is 15.1 Å². The number of nitrogens with zero attached hydrogens (tertiary/aromatic N) is 5. The molecule has 2 aliphatic rings. The lowest BCUT2D eigenvalue weighted by Crippen LogP contribution is -2.53. The summed E-state index contributed by atoms with van der Waals surface area (Å²) in [6, 6.07) is 3.57. The highest BCUT2D eigenvalue weighted by atomic mass is 16.6. The number of likely N-dealkylation sites (tertiary alicyclic amines) is 1. The van der Waals surface area contributed by atoms with Gasteiger partial charge in [0.25, 0.3) is 5.89 Å². The maximum absolute atomic E-state index is 12.7. The molecular formula is C20H27N5O5. The largest absolute Gasteiger partial charge is 0.459 e. The van der Waals surface area contributed by atoms with Crippen LogP contribution in [0.2, 0.25) is 0 Å². The molecule has 0 bridgehead atoms. The van der Waals surface area contributed by atoms with Gasteiger partial charge in [-0.3, -0.25) is 9.69 Å². The zero-order valence-electron chi connectivity index (χ0n) is 17.2. The first-order valence-electron chi connectivity index (χ1n) is 10.4. The van der Waals surface area contributed by atoms with Gasteiger partial charge in [0, 0.05) is 32.1 Å². The van der Waals surface area contributed by atoms with E-state index in [-0.39, 0.29) is 17.9 Å². The second kappa shape index (κ2) is 9.29. The van der Waals surface area contributed by atoms with Gasteiger partial charge in [-0.1, -0.05) is 0 Å². The van der Waals surface area contributed by atoms with Crippen molar-refractivity contribution in [1.29, 1.82) is 0 Å². The smallest absolute Gasteiger partial charge is 0.409 e. The number of furan rings is 1. The van der Waals surface area contributed by atoms with Crippen molar-refractivity contribution in [3.63, 3.8) is 0 Å². The molecular weight excluding hydrogens is 390 g/mol. The Morgan fingerprint density at radius 1 is 1.10 bits per heavy atom. The van der Waals surface area contributed by atoms with Gasteiger partial charge in [-0.2, -0.15) is 0 Å². The lowest BCUT2D eigenvalue weighted by atomic mass is 9.97. The third-order valence-corrected chi connectivity index (χ3v) is 5.63. The number of rotatable bonds is 5. The van der Waals surface area contributed by atoms with E-state index < -0.39 is 0 Å². The zero-order valence-corrected chi connectivity index (χ0v) is 17.2. The predicted octanol–water partition coefficient (Wildman–Crippen LogP) is 1.81. The van der Waals surface area contributed by atoms with Crippen LogP contribution in [-0.4, -0.2) is 89.3 Å². The standard InChI is InChI=1S/C20H27N5O5/c1-2-28-20(27)25-11-9-24(10-12-25)17(26)14-23-7-5-15(6-8-23)18-21-22-19(30-18)16-4-3-13-29-16/h3-4,13,15H,2,5-12,14H2,1H3. The number of hydrogen-bond donors (Lipinski definition) is 0. The topological polar surface area (TPSA) is 105 Å². The average Bonchev–Trinajstić information content (AvgIpc) is 3.46. The van der Waals surface area contributed by atoms with Crippen LogP contribution in [0.1, 0.15) is 31.6 Å². The van der Waals surface area contributed by atoms with Crippen LogP contribution in [0, 0.1) is 0 Å². The number of piperazine rings is 1. The first kappa shape index (κ1) is 20.4. The van der Waals surface area contributed by atoms with Crippen molar-refractivity contribution in [1.82, 2.24) is 24.9 Å². The summed E-state index contributed by atoms with van der Waals surface area (Å²) in [5.74, 6) is 1.90. The van der Waals surface area contributed by atoms with E-state index in [1.807, 2.05) is 4.90 Å². The highest BCUT2D eigenvalue weighted by Crippen LogP contribution is 2.29. The first-order valence-corrected chi connectivity index (χ1v) is 10.4. The second-order valence-electron chi connectivity index (χ2n) is 7.54. The van der Waals surface area contributed by atoms with Gasteiger partial charge >= 0.3 is 6.09 Å². The summed E-state index contributed by atoms with van der Waals surface area (Å²) in [5.41, 5.74) is 0. The Balaban J connectivity index is 1.21. The fourth-order valence-corrected chi connectivity index (χ4v) is 3.88. The lowest BCUT2D eigenvalue weighted by Gasteiger charge is -2.36. The lowest BCUT2D eigenvalue weighted by molar-refractivity contribution is -0.134. The maximum Gasteiger partial charge on any atom is 0.409 e. The van der Waals surface area contributed by atoms with Gasteiger partial charge in [0.1, 0.15) is 0 Å². The number of ether oxygens (including phenoxy) is 1.